The maximum absolute atomic E-state index is 13.2. The second-order valence-corrected chi connectivity index (χ2v) is 6.86. The molecule has 132 valence electrons. The van der Waals surface area contributed by atoms with Gasteiger partial charge in [-0.2, -0.15) is 0 Å². The lowest BCUT2D eigenvalue weighted by Crippen LogP contribution is -2.44. The number of rotatable bonds is 5. The van der Waals surface area contributed by atoms with Crippen LogP contribution in [-0.2, 0) is 16.1 Å². The average Bonchev–Trinajstić information content (AvgIpc) is 2.57. The Morgan fingerprint density at radius 2 is 1.68 bits per heavy atom. The molecule has 7 heteroatoms. The minimum Gasteiger partial charge on any atom is -0.351 e. The van der Waals surface area contributed by atoms with Crippen LogP contribution in [0, 0.1) is 11.2 Å². The molecule has 0 bridgehead atoms. The molecule has 0 spiro atoms. The number of nitrogens with one attached hydrogen (secondary N) is 2. The molecule has 0 aliphatic carbocycles. The Balaban J connectivity index is 2.00. The molecule has 0 aliphatic heterocycles. The van der Waals surface area contributed by atoms with E-state index in [1.54, 1.807) is 24.3 Å². The van der Waals surface area contributed by atoms with E-state index in [0.29, 0.717) is 10.7 Å². The highest BCUT2D eigenvalue weighted by molar-refractivity contribution is 6.31. The summed E-state index contributed by atoms with van der Waals surface area (Å²) in [5.74, 6) is -1.54. The van der Waals surface area contributed by atoms with Crippen molar-refractivity contribution in [1.29, 1.82) is 0 Å². The summed E-state index contributed by atoms with van der Waals surface area (Å²) in [7, 11) is 0. The van der Waals surface area contributed by atoms with Crippen LogP contribution in [-0.4, -0.2) is 11.8 Å². The van der Waals surface area contributed by atoms with E-state index in [1.807, 2.05) is 0 Å². The minimum absolute atomic E-state index is 0.109. The van der Waals surface area contributed by atoms with E-state index in [9.17, 15) is 14.0 Å². The third kappa shape index (κ3) is 4.94. The van der Waals surface area contributed by atoms with Gasteiger partial charge < -0.3 is 10.6 Å². The summed E-state index contributed by atoms with van der Waals surface area (Å²) in [4.78, 5) is 24.8. The normalized spacial score (nSPS) is 11.1. The van der Waals surface area contributed by atoms with E-state index in [2.05, 4.69) is 10.6 Å². The quantitative estimate of drug-likeness (QED) is 0.752. The lowest BCUT2D eigenvalue weighted by atomic mass is 9.90. The van der Waals surface area contributed by atoms with Gasteiger partial charge in [0, 0.05) is 17.3 Å². The van der Waals surface area contributed by atoms with E-state index in [1.165, 1.54) is 26.0 Å². The van der Waals surface area contributed by atoms with Gasteiger partial charge >= 0.3 is 0 Å². The lowest BCUT2D eigenvalue weighted by Gasteiger charge is -2.23. The minimum atomic E-state index is -1.33. The van der Waals surface area contributed by atoms with Gasteiger partial charge in [0.25, 0.3) is 0 Å². The molecule has 4 nitrogen and oxygen atoms in total. The highest BCUT2D eigenvalue weighted by atomic mass is 35.5. The van der Waals surface area contributed by atoms with Crippen molar-refractivity contribution in [3.63, 3.8) is 0 Å². The first-order chi connectivity index (χ1) is 11.7. The highest BCUT2D eigenvalue weighted by Gasteiger charge is 2.36. The van der Waals surface area contributed by atoms with E-state index in [4.69, 9.17) is 23.2 Å². The van der Waals surface area contributed by atoms with Crippen molar-refractivity contribution in [3.8, 4) is 0 Å². The fourth-order valence-corrected chi connectivity index (χ4v) is 2.28. The number of benzene rings is 2. The Bertz CT molecular complexity index is 792. The highest BCUT2D eigenvalue weighted by Crippen LogP contribution is 2.23. The van der Waals surface area contributed by atoms with Crippen molar-refractivity contribution in [2.75, 3.05) is 5.32 Å². The lowest BCUT2D eigenvalue weighted by molar-refractivity contribution is -0.138. The van der Waals surface area contributed by atoms with Crippen LogP contribution in [0.5, 0.6) is 0 Å². The van der Waals surface area contributed by atoms with Gasteiger partial charge in [-0.25, -0.2) is 4.39 Å². The molecule has 0 unspecified atom stereocenters. The number of carbonyl (C=O) groups excluding carboxylic acids is 2. The summed E-state index contributed by atoms with van der Waals surface area (Å²) in [5.41, 5.74) is -0.151. The number of halogens is 3. The van der Waals surface area contributed by atoms with E-state index in [0.717, 1.165) is 11.6 Å². The standard InChI is InChI=1S/C18H17Cl2FN2O2/c1-18(2,16(24)22-10-11-3-5-12(19)6-4-11)17(25)23-13-7-8-15(21)14(20)9-13/h3-9H,10H2,1-2H3,(H,22,24)(H,23,25). The largest absolute Gasteiger partial charge is 0.351 e. The maximum atomic E-state index is 13.2. The second-order valence-electron chi connectivity index (χ2n) is 6.02. The molecule has 2 rings (SSSR count). The van der Waals surface area contributed by atoms with E-state index in [-0.39, 0.29) is 11.6 Å². The van der Waals surface area contributed by atoms with Crippen molar-refractivity contribution >= 4 is 40.7 Å². The van der Waals surface area contributed by atoms with Crippen LogP contribution < -0.4 is 10.6 Å². The van der Waals surface area contributed by atoms with Crippen LogP contribution in [0.4, 0.5) is 10.1 Å². The molecule has 0 aliphatic rings. The number of hydrogen-bond donors (Lipinski definition) is 2. The Morgan fingerprint density at radius 1 is 1.04 bits per heavy atom. The first-order valence-corrected chi connectivity index (χ1v) is 8.25. The number of amides is 2. The molecule has 0 radical (unpaired) electrons. The molecule has 0 atom stereocenters. The predicted octanol–water partition coefficient (Wildman–Crippen LogP) is 4.41. The molecule has 2 aromatic rings. The number of carbonyl (C=O) groups is 2. The van der Waals surface area contributed by atoms with Crippen LogP contribution in [0.15, 0.2) is 42.5 Å². The van der Waals surface area contributed by atoms with Crippen LogP contribution in [0.3, 0.4) is 0 Å². The van der Waals surface area contributed by atoms with Crippen molar-refractivity contribution in [3.05, 3.63) is 63.9 Å². The molecular weight excluding hydrogens is 366 g/mol. The zero-order valence-electron chi connectivity index (χ0n) is 13.7. The smallest absolute Gasteiger partial charge is 0.239 e. The zero-order chi connectivity index (χ0) is 18.6. The SMILES string of the molecule is CC(C)(C(=O)NCc1ccc(Cl)cc1)C(=O)Nc1ccc(F)c(Cl)c1. The molecule has 2 aromatic carbocycles. The maximum Gasteiger partial charge on any atom is 0.239 e. The van der Waals surface area contributed by atoms with Crippen LogP contribution in [0.1, 0.15) is 19.4 Å². The Morgan fingerprint density at radius 3 is 2.28 bits per heavy atom. The molecule has 25 heavy (non-hydrogen) atoms. The summed E-state index contributed by atoms with van der Waals surface area (Å²) in [5, 5.41) is 5.78. The summed E-state index contributed by atoms with van der Waals surface area (Å²) >= 11 is 11.5. The molecule has 0 saturated carbocycles. The van der Waals surface area contributed by atoms with Crippen LogP contribution >= 0.6 is 23.2 Å². The molecule has 0 heterocycles. The fraction of sp³-hybridized carbons (Fsp3) is 0.222. The van der Waals surface area contributed by atoms with Gasteiger partial charge in [-0.05, 0) is 49.7 Å². The molecule has 0 fully saturated rings. The van der Waals surface area contributed by atoms with Gasteiger partial charge in [-0.3, -0.25) is 9.59 Å². The summed E-state index contributed by atoms with van der Waals surface area (Å²) in [6.07, 6.45) is 0. The van der Waals surface area contributed by atoms with Crippen molar-refractivity contribution in [1.82, 2.24) is 5.32 Å². The van der Waals surface area contributed by atoms with Gasteiger partial charge in [-0.1, -0.05) is 35.3 Å². The van der Waals surface area contributed by atoms with Gasteiger partial charge in [0.15, 0.2) is 0 Å². The molecule has 2 N–H and O–H groups in total. The average molecular weight is 383 g/mol. The predicted molar refractivity (Wildman–Crippen MR) is 97.1 cm³/mol. The zero-order valence-corrected chi connectivity index (χ0v) is 15.2. The molecule has 0 saturated heterocycles. The first-order valence-electron chi connectivity index (χ1n) is 7.49. The Labute approximate surface area is 155 Å². The van der Waals surface area contributed by atoms with Crippen LogP contribution in [0.2, 0.25) is 10.0 Å². The number of anilines is 1. The summed E-state index contributed by atoms with van der Waals surface area (Å²) in [6.45, 7) is 3.28. The van der Waals surface area contributed by atoms with Crippen molar-refractivity contribution in [2.24, 2.45) is 5.41 Å². The van der Waals surface area contributed by atoms with Crippen LogP contribution in [0.25, 0.3) is 0 Å². The van der Waals surface area contributed by atoms with Gasteiger partial charge in [0.05, 0.1) is 5.02 Å². The van der Waals surface area contributed by atoms with E-state index >= 15 is 0 Å². The first kappa shape index (κ1) is 19.2. The Kier molecular flexibility index (Phi) is 6.03. The monoisotopic (exact) mass is 382 g/mol. The van der Waals surface area contributed by atoms with Gasteiger partial charge in [0.1, 0.15) is 11.2 Å². The summed E-state index contributed by atoms with van der Waals surface area (Å²) in [6, 6.07) is 10.8. The topological polar surface area (TPSA) is 58.2 Å². The Hall–Kier alpha value is -2.11. The second kappa shape index (κ2) is 7.85. The summed E-state index contributed by atoms with van der Waals surface area (Å²) < 4.78 is 13.2. The molecule has 2 amide bonds. The molecule has 0 aromatic heterocycles. The molecular formula is C18H17Cl2FN2O2. The van der Waals surface area contributed by atoms with Crippen molar-refractivity contribution in [2.45, 2.75) is 20.4 Å². The number of hydrogen-bond acceptors (Lipinski definition) is 2. The van der Waals surface area contributed by atoms with Gasteiger partial charge in [-0.15, -0.1) is 0 Å². The third-order valence-corrected chi connectivity index (χ3v) is 4.22. The van der Waals surface area contributed by atoms with Gasteiger partial charge in [0.2, 0.25) is 11.8 Å². The third-order valence-electron chi connectivity index (χ3n) is 3.68. The van der Waals surface area contributed by atoms with E-state index < -0.39 is 23.0 Å². The fourth-order valence-electron chi connectivity index (χ4n) is 1.97. The van der Waals surface area contributed by atoms with Crippen molar-refractivity contribution < 1.29 is 14.0 Å².